The van der Waals surface area contributed by atoms with Crippen LogP contribution in [0.2, 0.25) is 0 Å². The number of ether oxygens (including phenoxy) is 1. The average molecular weight is 324 g/mol. The number of rotatable bonds is 5. The van der Waals surface area contributed by atoms with Crippen molar-refractivity contribution in [3.63, 3.8) is 0 Å². The molecule has 0 aromatic heterocycles. The van der Waals surface area contributed by atoms with E-state index in [-0.39, 0.29) is 12.2 Å². The Balaban J connectivity index is 2.30. The van der Waals surface area contributed by atoms with Gasteiger partial charge in [-0.2, -0.15) is 11.8 Å². The quantitative estimate of drug-likeness (QED) is 0.644. The second-order valence-corrected chi connectivity index (χ2v) is 5.74. The molecule has 2 rings (SSSR count). The van der Waals surface area contributed by atoms with Crippen molar-refractivity contribution in [1.82, 2.24) is 10.6 Å². The number of halogens is 1. The van der Waals surface area contributed by atoms with Crippen LogP contribution in [-0.4, -0.2) is 30.6 Å². The van der Waals surface area contributed by atoms with Gasteiger partial charge in [-0.1, -0.05) is 12.1 Å². The Hall–Kier alpha value is -2.02. The van der Waals surface area contributed by atoms with Crippen molar-refractivity contribution in [3.8, 4) is 0 Å². The third kappa shape index (κ3) is 3.79. The zero-order valence-corrected chi connectivity index (χ0v) is 13.1. The maximum Gasteiger partial charge on any atom is 0.338 e. The Morgan fingerprint density at radius 3 is 2.91 bits per heavy atom. The smallest absolute Gasteiger partial charge is 0.338 e. The summed E-state index contributed by atoms with van der Waals surface area (Å²) in [6.45, 7) is 1.90. The van der Waals surface area contributed by atoms with Gasteiger partial charge in [0.05, 0.1) is 11.6 Å². The molecule has 22 heavy (non-hydrogen) atoms. The lowest BCUT2D eigenvalue weighted by Gasteiger charge is -2.28. The van der Waals surface area contributed by atoms with E-state index < -0.39 is 23.9 Å². The molecular weight excluding hydrogens is 307 g/mol. The number of nitrogens with one attached hydrogen (secondary N) is 2. The van der Waals surface area contributed by atoms with Crippen LogP contribution >= 0.6 is 11.8 Å². The molecule has 1 atom stereocenters. The first-order valence-corrected chi connectivity index (χ1v) is 8.12. The fourth-order valence-corrected chi connectivity index (χ4v) is 2.45. The molecule has 0 saturated heterocycles. The van der Waals surface area contributed by atoms with Crippen LogP contribution in [0.15, 0.2) is 35.5 Å². The molecule has 0 radical (unpaired) electrons. The molecule has 0 unspecified atom stereocenters. The molecule has 1 aliphatic rings. The van der Waals surface area contributed by atoms with E-state index in [1.165, 1.54) is 18.2 Å². The highest BCUT2D eigenvalue weighted by Gasteiger charge is 2.32. The molecule has 1 aromatic rings. The molecule has 1 aromatic carbocycles. The largest absolute Gasteiger partial charge is 0.461 e. The van der Waals surface area contributed by atoms with Gasteiger partial charge in [-0.3, -0.25) is 0 Å². The molecule has 5 nitrogen and oxygen atoms in total. The van der Waals surface area contributed by atoms with Crippen LogP contribution in [0.1, 0.15) is 18.5 Å². The van der Waals surface area contributed by atoms with Crippen molar-refractivity contribution >= 4 is 23.8 Å². The van der Waals surface area contributed by atoms with Gasteiger partial charge in [-0.15, -0.1) is 0 Å². The third-order valence-corrected chi connectivity index (χ3v) is 3.77. The lowest BCUT2D eigenvalue weighted by Crippen LogP contribution is -2.45. The highest BCUT2D eigenvalue weighted by atomic mass is 32.2. The van der Waals surface area contributed by atoms with E-state index in [9.17, 15) is 14.0 Å². The van der Waals surface area contributed by atoms with Gasteiger partial charge in [0.2, 0.25) is 0 Å². The van der Waals surface area contributed by atoms with Gasteiger partial charge < -0.3 is 15.4 Å². The number of esters is 1. The summed E-state index contributed by atoms with van der Waals surface area (Å²) in [6.07, 6.45) is 1.91. The van der Waals surface area contributed by atoms with E-state index in [1.807, 2.05) is 6.26 Å². The Bertz CT molecular complexity index is 619. The van der Waals surface area contributed by atoms with E-state index in [0.717, 1.165) is 0 Å². The Morgan fingerprint density at radius 1 is 1.45 bits per heavy atom. The van der Waals surface area contributed by atoms with E-state index in [2.05, 4.69) is 10.6 Å². The Kier molecular flexibility index (Phi) is 5.43. The number of hydrogen-bond donors (Lipinski definition) is 2. The van der Waals surface area contributed by atoms with Crippen molar-refractivity contribution in [2.75, 3.05) is 18.6 Å². The Morgan fingerprint density at radius 2 is 2.23 bits per heavy atom. The van der Waals surface area contributed by atoms with Gasteiger partial charge in [0.25, 0.3) is 0 Å². The van der Waals surface area contributed by atoms with E-state index in [1.54, 1.807) is 24.8 Å². The minimum Gasteiger partial charge on any atom is -0.461 e. The number of hydrogen-bond acceptors (Lipinski definition) is 4. The molecule has 118 valence electrons. The molecule has 0 spiro atoms. The number of urea groups is 1. The lowest BCUT2D eigenvalue weighted by atomic mass is 9.95. The van der Waals surface area contributed by atoms with Gasteiger partial charge in [-0.05, 0) is 30.9 Å². The van der Waals surface area contributed by atoms with Crippen molar-refractivity contribution in [1.29, 1.82) is 0 Å². The van der Waals surface area contributed by atoms with Gasteiger partial charge in [-0.25, -0.2) is 14.0 Å². The molecule has 0 bridgehead atoms. The summed E-state index contributed by atoms with van der Waals surface area (Å²) in [4.78, 5) is 23.9. The fourth-order valence-electron chi connectivity index (χ4n) is 2.20. The first-order chi connectivity index (χ1) is 10.5. The molecule has 0 aliphatic carbocycles. The zero-order chi connectivity index (χ0) is 16.1. The summed E-state index contributed by atoms with van der Waals surface area (Å²) in [6, 6.07) is 4.61. The average Bonchev–Trinajstić information content (AvgIpc) is 2.46. The van der Waals surface area contributed by atoms with Crippen molar-refractivity contribution < 1.29 is 18.7 Å². The predicted octanol–water partition coefficient (Wildman–Crippen LogP) is 2.36. The van der Waals surface area contributed by atoms with Crippen LogP contribution in [0.3, 0.4) is 0 Å². The molecule has 0 fully saturated rings. The molecule has 0 saturated carbocycles. The normalized spacial score (nSPS) is 17.8. The number of thioether (sulfide) groups is 1. The summed E-state index contributed by atoms with van der Waals surface area (Å²) in [5, 5.41) is 5.18. The summed E-state index contributed by atoms with van der Waals surface area (Å²) in [5.74, 6) is -0.269. The number of benzene rings is 1. The SMILES string of the molecule is CSCCOC(=O)C1=C(C)NC(=O)N[C@H]1c1cccc(F)c1. The van der Waals surface area contributed by atoms with Gasteiger partial charge in [0.1, 0.15) is 12.4 Å². The number of carbonyl (C=O) groups is 2. The first kappa shape index (κ1) is 16.4. The van der Waals surface area contributed by atoms with Crippen molar-refractivity contribution in [3.05, 3.63) is 46.9 Å². The monoisotopic (exact) mass is 324 g/mol. The van der Waals surface area contributed by atoms with E-state index >= 15 is 0 Å². The number of amides is 2. The summed E-state index contributed by atoms with van der Waals surface area (Å²) >= 11 is 1.56. The highest BCUT2D eigenvalue weighted by Crippen LogP contribution is 2.27. The zero-order valence-electron chi connectivity index (χ0n) is 12.3. The van der Waals surface area contributed by atoms with Gasteiger partial charge in [0, 0.05) is 11.4 Å². The van der Waals surface area contributed by atoms with E-state index in [0.29, 0.717) is 17.0 Å². The van der Waals surface area contributed by atoms with Crippen molar-refractivity contribution in [2.45, 2.75) is 13.0 Å². The minimum absolute atomic E-state index is 0.278. The summed E-state index contributed by atoms with van der Waals surface area (Å²) in [5.41, 5.74) is 1.18. The van der Waals surface area contributed by atoms with Crippen LogP contribution in [0.5, 0.6) is 0 Å². The van der Waals surface area contributed by atoms with Crippen LogP contribution < -0.4 is 10.6 Å². The summed E-state index contributed by atoms with van der Waals surface area (Å²) < 4.78 is 18.6. The molecule has 2 N–H and O–H groups in total. The van der Waals surface area contributed by atoms with Crippen LogP contribution in [-0.2, 0) is 9.53 Å². The standard InChI is InChI=1S/C15H17FN2O3S/c1-9-12(14(19)21-6-7-22-2)13(18-15(20)17-9)10-4-3-5-11(16)8-10/h3-5,8,13H,6-7H2,1-2H3,(H2,17,18,20)/t13-/m0/s1. The number of allylic oxidation sites excluding steroid dienone is 1. The van der Waals surface area contributed by atoms with E-state index in [4.69, 9.17) is 4.74 Å². The summed E-state index contributed by atoms with van der Waals surface area (Å²) in [7, 11) is 0. The maximum absolute atomic E-state index is 13.4. The van der Waals surface area contributed by atoms with Crippen LogP contribution in [0.4, 0.5) is 9.18 Å². The van der Waals surface area contributed by atoms with Gasteiger partial charge >= 0.3 is 12.0 Å². The predicted molar refractivity (Wildman–Crippen MR) is 82.8 cm³/mol. The first-order valence-electron chi connectivity index (χ1n) is 6.72. The lowest BCUT2D eigenvalue weighted by molar-refractivity contribution is -0.138. The molecule has 7 heteroatoms. The molecule has 1 heterocycles. The topological polar surface area (TPSA) is 67.4 Å². The van der Waals surface area contributed by atoms with Crippen LogP contribution in [0.25, 0.3) is 0 Å². The van der Waals surface area contributed by atoms with Crippen LogP contribution in [0, 0.1) is 5.82 Å². The minimum atomic E-state index is -0.730. The highest BCUT2D eigenvalue weighted by molar-refractivity contribution is 7.98. The molecule has 1 aliphatic heterocycles. The van der Waals surface area contributed by atoms with Crippen molar-refractivity contribution in [2.24, 2.45) is 0 Å². The second kappa shape index (κ2) is 7.31. The van der Waals surface area contributed by atoms with Gasteiger partial charge in [0.15, 0.2) is 0 Å². The Labute approximate surface area is 132 Å². The second-order valence-electron chi connectivity index (χ2n) is 4.75. The maximum atomic E-state index is 13.4. The molecular formula is C15H17FN2O3S. The number of carbonyl (C=O) groups excluding carboxylic acids is 2. The molecule has 2 amide bonds. The third-order valence-electron chi connectivity index (χ3n) is 3.19. The fraction of sp³-hybridized carbons (Fsp3) is 0.333.